The molecule has 1 amide bonds. The summed E-state index contributed by atoms with van der Waals surface area (Å²) in [6.07, 6.45) is 6.96. The van der Waals surface area contributed by atoms with Gasteiger partial charge in [-0.3, -0.25) is 0 Å². The summed E-state index contributed by atoms with van der Waals surface area (Å²) in [5.41, 5.74) is 3.12. The fourth-order valence-corrected chi connectivity index (χ4v) is 10.3. The molecule has 0 radical (unpaired) electrons. The van der Waals surface area contributed by atoms with E-state index in [0.717, 1.165) is 35.4 Å². The molecule has 0 aromatic heterocycles. The van der Waals surface area contributed by atoms with Crippen molar-refractivity contribution < 1.29 is 9.53 Å². The summed E-state index contributed by atoms with van der Waals surface area (Å²) in [5.74, 6) is 1.13. The molecular formula is C20H34NO2P. The van der Waals surface area contributed by atoms with Crippen LogP contribution in [0.3, 0.4) is 0 Å². The number of aryl methyl sites for hydroxylation is 2. The van der Waals surface area contributed by atoms with E-state index in [2.05, 4.69) is 26.1 Å². The van der Waals surface area contributed by atoms with Gasteiger partial charge in [-0.05, 0) is 0 Å². The molecule has 3 nitrogen and oxygen atoms in total. The molecular weight excluding hydrogens is 317 g/mol. The molecule has 2 rings (SSSR count). The second-order valence-corrected chi connectivity index (χ2v) is 13.0. The van der Waals surface area contributed by atoms with Crippen LogP contribution in [0.2, 0.25) is 0 Å². The molecule has 0 heterocycles. The van der Waals surface area contributed by atoms with Crippen LogP contribution in [0.5, 0.6) is 5.75 Å². The minimum atomic E-state index is -1.59. The summed E-state index contributed by atoms with van der Waals surface area (Å²) in [5, 5.41) is 3.26. The van der Waals surface area contributed by atoms with Crippen LogP contribution in [0.1, 0.15) is 51.2 Å². The average Bonchev–Trinajstić information content (AvgIpc) is 2.53. The van der Waals surface area contributed by atoms with Gasteiger partial charge in [0.2, 0.25) is 0 Å². The third-order valence-electron chi connectivity index (χ3n) is 6.67. The van der Waals surface area contributed by atoms with Gasteiger partial charge in [-0.2, -0.15) is 0 Å². The molecule has 1 saturated carbocycles. The molecule has 0 unspecified atom stereocenters. The topological polar surface area (TPSA) is 38.3 Å². The number of methoxy groups -OCH3 is 1. The third-order valence-corrected chi connectivity index (χ3v) is 13.5. The molecule has 0 bridgehead atoms. The van der Waals surface area contributed by atoms with Gasteiger partial charge >= 0.3 is 147 Å². The first-order valence-electron chi connectivity index (χ1n) is 9.36. The van der Waals surface area contributed by atoms with Crippen LogP contribution < -0.4 is 10.1 Å². The Morgan fingerprint density at radius 1 is 1.12 bits per heavy atom. The van der Waals surface area contributed by atoms with Crippen LogP contribution in [0.15, 0.2) is 12.1 Å². The molecule has 1 N–H and O–H groups in total. The monoisotopic (exact) mass is 351 g/mol. The van der Waals surface area contributed by atoms with E-state index in [0.29, 0.717) is 0 Å². The molecule has 1 aromatic rings. The first-order chi connectivity index (χ1) is 11.4. The van der Waals surface area contributed by atoms with Crippen LogP contribution in [-0.2, 0) is 4.79 Å². The van der Waals surface area contributed by atoms with Gasteiger partial charge in [-0.1, -0.05) is 0 Å². The first kappa shape index (κ1) is 19.2. The Balaban J connectivity index is 2.35. The van der Waals surface area contributed by atoms with Crippen molar-refractivity contribution >= 4 is 18.9 Å². The normalized spacial score (nSPS) is 17.1. The Labute approximate surface area is 147 Å². The fraction of sp³-hybridized carbons (Fsp3) is 0.650. The van der Waals surface area contributed by atoms with E-state index in [4.69, 9.17) is 4.74 Å². The molecule has 24 heavy (non-hydrogen) atoms. The number of hydrogen-bond donors (Lipinski definition) is 1. The Bertz CT molecular complexity index is 572. The predicted octanol–water partition coefficient (Wildman–Crippen LogP) is 4.98. The number of amides is 1. The molecule has 0 aliphatic heterocycles. The second kappa shape index (κ2) is 7.44. The number of hydrogen-bond acceptors (Lipinski definition) is 2. The summed E-state index contributed by atoms with van der Waals surface area (Å²) in [4.78, 5) is 13.4. The number of benzene rings is 1. The van der Waals surface area contributed by atoms with Crippen LogP contribution in [0.4, 0.5) is 5.69 Å². The minimum absolute atomic E-state index is 0.0654. The van der Waals surface area contributed by atoms with Crippen molar-refractivity contribution in [1.29, 1.82) is 0 Å². The van der Waals surface area contributed by atoms with Gasteiger partial charge in [0.25, 0.3) is 0 Å². The fourth-order valence-electron chi connectivity index (χ4n) is 4.77. The van der Waals surface area contributed by atoms with Gasteiger partial charge in [-0.15, -0.1) is 0 Å². The van der Waals surface area contributed by atoms with Crippen molar-refractivity contribution in [2.75, 3.05) is 30.9 Å². The molecule has 1 fully saturated rings. The zero-order chi connectivity index (χ0) is 18.0. The van der Waals surface area contributed by atoms with Gasteiger partial charge in [0.1, 0.15) is 0 Å². The van der Waals surface area contributed by atoms with E-state index >= 15 is 0 Å². The van der Waals surface area contributed by atoms with Crippen LogP contribution in [0, 0.1) is 13.8 Å². The van der Waals surface area contributed by atoms with E-state index in [1.165, 1.54) is 24.9 Å². The predicted molar refractivity (Wildman–Crippen MR) is 108 cm³/mol. The molecule has 136 valence electrons. The number of carbonyl (C=O) groups is 1. The quantitative estimate of drug-likeness (QED) is 0.703. The number of rotatable bonds is 7. The van der Waals surface area contributed by atoms with Gasteiger partial charge in [0.05, 0.1) is 0 Å². The number of anilines is 1. The molecule has 1 aliphatic carbocycles. The van der Waals surface area contributed by atoms with Gasteiger partial charge in [0, 0.05) is 0 Å². The molecule has 0 saturated heterocycles. The molecule has 1 aliphatic rings. The van der Waals surface area contributed by atoms with Crippen molar-refractivity contribution in [3.8, 4) is 5.75 Å². The Hall–Kier alpha value is -1.08. The molecule has 0 atom stereocenters. The van der Waals surface area contributed by atoms with Gasteiger partial charge in [0.15, 0.2) is 0 Å². The van der Waals surface area contributed by atoms with Gasteiger partial charge < -0.3 is 0 Å². The Kier molecular flexibility index (Phi) is 5.96. The van der Waals surface area contributed by atoms with Crippen LogP contribution >= 0.6 is 7.26 Å². The molecule has 1 aromatic carbocycles. The Morgan fingerprint density at radius 2 is 1.62 bits per heavy atom. The van der Waals surface area contributed by atoms with Crippen molar-refractivity contribution in [1.82, 2.24) is 0 Å². The summed E-state index contributed by atoms with van der Waals surface area (Å²) in [6.45, 7) is 11.0. The number of carbonyl (C=O) groups excluding carboxylic acids is 1. The Morgan fingerprint density at radius 3 is 1.96 bits per heavy atom. The number of ether oxygens (including phenoxy) is 1. The molecule has 4 heteroatoms. The summed E-state index contributed by atoms with van der Waals surface area (Å²) in [7, 11) is 0.0896. The maximum atomic E-state index is 13.4. The van der Waals surface area contributed by atoms with Crippen molar-refractivity contribution in [3.63, 3.8) is 0 Å². The van der Waals surface area contributed by atoms with Gasteiger partial charge in [-0.25, -0.2) is 0 Å². The van der Waals surface area contributed by atoms with E-state index in [1.807, 2.05) is 26.0 Å². The van der Waals surface area contributed by atoms with Crippen molar-refractivity contribution in [2.45, 2.75) is 59.0 Å². The average molecular weight is 351 g/mol. The summed E-state index contributed by atoms with van der Waals surface area (Å²) < 4.78 is 5.34. The first-order valence-corrected chi connectivity index (χ1v) is 12.0. The van der Waals surface area contributed by atoms with E-state index in [-0.39, 0.29) is 11.1 Å². The van der Waals surface area contributed by atoms with E-state index < -0.39 is 7.26 Å². The zero-order valence-corrected chi connectivity index (χ0v) is 17.2. The van der Waals surface area contributed by atoms with Crippen molar-refractivity contribution in [3.05, 3.63) is 23.3 Å². The standard InChI is InChI=1S/C20H34NO2P/c1-7-24(8-2,9-3)20(11-10-12-20)19(22)21-18-15(4)13-17(23-6)14-16(18)5/h13-14,24H,7-12H2,1-6H3,(H,21,22). The van der Waals surface area contributed by atoms with Crippen LogP contribution in [0.25, 0.3) is 0 Å². The van der Waals surface area contributed by atoms with Crippen LogP contribution in [-0.4, -0.2) is 36.7 Å². The maximum absolute atomic E-state index is 13.4. The van der Waals surface area contributed by atoms with E-state index in [1.54, 1.807) is 7.11 Å². The third kappa shape index (κ3) is 2.96. The second-order valence-electron chi connectivity index (χ2n) is 7.37. The summed E-state index contributed by atoms with van der Waals surface area (Å²) in [6, 6.07) is 4.00. The van der Waals surface area contributed by atoms with Crippen molar-refractivity contribution in [2.24, 2.45) is 0 Å². The molecule has 0 spiro atoms. The SMILES string of the molecule is CC[PH](CC)(CC)C1(C(=O)Nc2c(C)cc(OC)cc2C)CCC1. The zero-order valence-electron chi connectivity index (χ0n) is 16.2. The van der Waals surface area contributed by atoms with E-state index in [9.17, 15) is 4.79 Å². The number of nitrogens with one attached hydrogen (secondary N) is 1. The summed E-state index contributed by atoms with van der Waals surface area (Å²) >= 11 is 0.